The smallest absolute Gasteiger partial charge is 0.261 e. The minimum atomic E-state index is -0.386. The molecule has 0 unspecified atom stereocenters. The Labute approximate surface area is 178 Å². The van der Waals surface area contributed by atoms with E-state index in [4.69, 9.17) is 17.0 Å². The lowest BCUT2D eigenvalue weighted by Gasteiger charge is -2.14. The highest BCUT2D eigenvalue weighted by Crippen LogP contribution is 2.27. The molecular formula is C20H22BrN3O3S. The van der Waals surface area contributed by atoms with Crippen molar-refractivity contribution in [3.63, 3.8) is 0 Å². The van der Waals surface area contributed by atoms with E-state index in [0.717, 1.165) is 10.0 Å². The average Bonchev–Trinajstić information content (AvgIpc) is 2.61. The van der Waals surface area contributed by atoms with E-state index in [0.29, 0.717) is 22.7 Å². The van der Waals surface area contributed by atoms with Gasteiger partial charge in [-0.1, -0.05) is 35.8 Å². The van der Waals surface area contributed by atoms with Gasteiger partial charge < -0.3 is 15.4 Å². The first-order valence-electron chi connectivity index (χ1n) is 8.58. The standard InChI is InChI=1S/C20H22BrN3O3S/c1-11(2)18(25)22-14-6-5-7-15(10-14)23-20(28)24-19(26)16-9-13(21)8-12(3)17(16)27-4/h5-11H,1-4H3,(H,22,25)(H2,23,24,26,28). The number of thiocarbonyl (C=S) groups is 1. The number of hydrogen-bond acceptors (Lipinski definition) is 4. The number of carbonyl (C=O) groups is 2. The van der Waals surface area contributed by atoms with Gasteiger partial charge in [-0.15, -0.1) is 0 Å². The Hall–Kier alpha value is -2.45. The maximum atomic E-state index is 12.6. The first-order chi connectivity index (χ1) is 13.2. The Kier molecular flexibility index (Phi) is 7.53. The second kappa shape index (κ2) is 9.66. The van der Waals surface area contributed by atoms with Crippen LogP contribution < -0.4 is 20.7 Å². The molecule has 0 fully saturated rings. The van der Waals surface area contributed by atoms with Crippen LogP contribution in [0, 0.1) is 12.8 Å². The molecule has 6 nitrogen and oxygen atoms in total. The van der Waals surface area contributed by atoms with Crippen LogP contribution in [0.3, 0.4) is 0 Å². The molecule has 3 N–H and O–H groups in total. The maximum Gasteiger partial charge on any atom is 0.261 e. The highest BCUT2D eigenvalue weighted by atomic mass is 79.9. The monoisotopic (exact) mass is 463 g/mol. The molecule has 2 amide bonds. The highest BCUT2D eigenvalue weighted by Gasteiger charge is 2.17. The summed E-state index contributed by atoms with van der Waals surface area (Å²) < 4.78 is 6.11. The third-order valence-electron chi connectivity index (χ3n) is 3.83. The van der Waals surface area contributed by atoms with E-state index in [1.54, 1.807) is 30.3 Å². The summed E-state index contributed by atoms with van der Waals surface area (Å²) in [6.45, 7) is 5.49. The summed E-state index contributed by atoms with van der Waals surface area (Å²) in [4.78, 5) is 24.5. The van der Waals surface area contributed by atoms with Crippen molar-refractivity contribution in [2.45, 2.75) is 20.8 Å². The molecule has 0 aliphatic heterocycles. The van der Waals surface area contributed by atoms with Crippen LogP contribution in [0.15, 0.2) is 40.9 Å². The number of benzene rings is 2. The molecule has 148 valence electrons. The average molecular weight is 464 g/mol. The molecule has 0 aliphatic carbocycles. The van der Waals surface area contributed by atoms with Crippen LogP contribution >= 0.6 is 28.1 Å². The van der Waals surface area contributed by atoms with Crippen LogP contribution in [0.5, 0.6) is 5.75 Å². The minimum absolute atomic E-state index is 0.0786. The van der Waals surface area contributed by atoms with Crippen LogP contribution in [-0.2, 0) is 4.79 Å². The summed E-state index contributed by atoms with van der Waals surface area (Å²) >= 11 is 8.63. The molecule has 0 radical (unpaired) electrons. The second-order valence-corrected chi connectivity index (χ2v) is 7.76. The first-order valence-corrected chi connectivity index (χ1v) is 9.78. The fraction of sp³-hybridized carbons (Fsp3) is 0.250. The summed E-state index contributed by atoms with van der Waals surface area (Å²) in [7, 11) is 1.51. The van der Waals surface area contributed by atoms with Gasteiger partial charge in [-0.2, -0.15) is 0 Å². The summed E-state index contributed by atoms with van der Waals surface area (Å²) in [5, 5.41) is 8.55. The van der Waals surface area contributed by atoms with E-state index in [-0.39, 0.29) is 22.8 Å². The number of rotatable bonds is 5. The fourth-order valence-electron chi connectivity index (χ4n) is 2.46. The summed E-state index contributed by atoms with van der Waals surface area (Å²) in [6, 6.07) is 10.6. The van der Waals surface area contributed by atoms with Gasteiger partial charge in [0.25, 0.3) is 5.91 Å². The number of anilines is 2. The third-order valence-corrected chi connectivity index (χ3v) is 4.49. The normalized spacial score (nSPS) is 10.4. The van der Waals surface area contributed by atoms with Gasteiger partial charge in [0.05, 0.1) is 12.7 Å². The molecule has 0 heterocycles. The van der Waals surface area contributed by atoms with Crippen molar-refractivity contribution in [3.8, 4) is 5.75 Å². The summed E-state index contributed by atoms with van der Waals surface area (Å²) in [6.07, 6.45) is 0. The lowest BCUT2D eigenvalue weighted by molar-refractivity contribution is -0.118. The molecular weight excluding hydrogens is 442 g/mol. The van der Waals surface area contributed by atoms with Gasteiger partial charge in [-0.3, -0.25) is 14.9 Å². The van der Waals surface area contributed by atoms with Gasteiger partial charge in [0.1, 0.15) is 5.75 Å². The Morgan fingerprint density at radius 2 is 1.75 bits per heavy atom. The summed E-state index contributed by atoms with van der Waals surface area (Å²) in [5.74, 6) is -0.101. The molecule has 0 bridgehead atoms. The van der Waals surface area contributed by atoms with Crippen molar-refractivity contribution in [2.75, 3.05) is 17.7 Å². The van der Waals surface area contributed by atoms with Crippen LogP contribution in [0.2, 0.25) is 0 Å². The van der Waals surface area contributed by atoms with E-state index in [2.05, 4.69) is 31.9 Å². The fourth-order valence-corrected chi connectivity index (χ4v) is 3.25. The molecule has 0 aliphatic rings. The van der Waals surface area contributed by atoms with E-state index < -0.39 is 0 Å². The number of nitrogens with one attached hydrogen (secondary N) is 3. The molecule has 0 saturated heterocycles. The van der Waals surface area contributed by atoms with E-state index in [1.165, 1.54) is 7.11 Å². The lowest BCUT2D eigenvalue weighted by atomic mass is 10.1. The van der Waals surface area contributed by atoms with Crippen LogP contribution in [-0.4, -0.2) is 24.0 Å². The first kappa shape index (κ1) is 21.8. The molecule has 28 heavy (non-hydrogen) atoms. The van der Waals surface area contributed by atoms with Gasteiger partial charge in [-0.05, 0) is 55.0 Å². The number of hydrogen-bond donors (Lipinski definition) is 3. The highest BCUT2D eigenvalue weighted by molar-refractivity contribution is 9.10. The third kappa shape index (κ3) is 5.77. The number of methoxy groups -OCH3 is 1. The molecule has 2 rings (SSSR count). The van der Waals surface area contributed by atoms with E-state index in [1.807, 2.05) is 26.8 Å². The van der Waals surface area contributed by atoms with Crippen molar-refractivity contribution in [3.05, 3.63) is 52.0 Å². The van der Waals surface area contributed by atoms with Crippen molar-refractivity contribution in [1.29, 1.82) is 0 Å². The van der Waals surface area contributed by atoms with Crippen LogP contribution in [0.4, 0.5) is 11.4 Å². The predicted molar refractivity (Wildman–Crippen MR) is 119 cm³/mol. The Bertz CT molecular complexity index is 916. The minimum Gasteiger partial charge on any atom is -0.496 e. The van der Waals surface area contributed by atoms with Gasteiger partial charge in [0.2, 0.25) is 5.91 Å². The second-order valence-electron chi connectivity index (χ2n) is 6.44. The zero-order valence-electron chi connectivity index (χ0n) is 16.1. The van der Waals surface area contributed by atoms with Gasteiger partial charge in [0, 0.05) is 21.8 Å². The Morgan fingerprint density at radius 3 is 2.36 bits per heavy atom. The zero-order valence-corrected chi connectivity index (χ0v) is 18.5. The predicted octanol–water partition coefficient (Wildman–Crippen LogP) is 4.49. The van der Waals surface area contributed by atoms with Crippen molar-refractivity contribution < 1.29 is 14.3 Å². The number of carbonyl (C=O) groups excluding carboxylic acids is 2. The molecule has 2 aromatic rings. The molecule has 8 heteroatoms. The van der Waals surface area contributed by atoms with Gasteiger partial charge in [0.15, 0.2) is 5.11 Å². The Morgan fingerprint density at radius 1 is 1.11 bits per heavy atom. The molecule has 0 aromatic heterocycles. The van der Waals surface area contributed by atoms with E-state index in [9.17, 15) is 9.59 Å². The molecule has 0 saturated carbocycles. The zero-order chi connectivity index (χ0) is 20.8. The van der Waals surface area contributed by atoms with Gasteiger partial charge in [-0.25, -0.2) is 0 Å². The van der Waals surface area contributed by atoms with Crippen molar-refractivity contribution in [2.24, 2.45) is 5.92 Å². The number of halogens is 1. The lowest BCUT2D eigenvalue weighted by Crippen LogP contribution is -2.34. The van der Waals surface area contributed by atoms with Gasteiger partial charge >= 0.3 is 0 Å². The Balaban J connectivity index is 2.09. The quantitative estimate of drug-likeness (QED) is 0.569. The van der Waals surface area contributed by atoms with Crippen LogP contribution in [0.25, 0.3) is 0 Å². The van der Waals surface area contributed by atoms with Crippen molar-refractivity contribution >= 4 is 56.4 Å². The molecule has 2 aromatic carbocycles. The van der Waals surface area contributed by atoms with E-state index >= 15 is 0 Å². The van der Waals surface area contributed by atoms with Crippen molar-refractivity contribution in [1.82, 2.24) is 5.32 Å². The molecule has 0 spiro atoms. The number of ether oxygens (including phenoxy) is 1. The number of amides is 2. The topological polar surface area (TPSA) is 79.5 Å². The largest absolute Gasteiger partial charge is 0.496 e. The van der Waals surface area contributed by atoms with Crippen LogP contribution in [0.1, 0.15) is 29.8 Å². The maximum absolute atomic E-state index is 12.6. The SMILES string of the molecule is COc1c(C)cc(Br)cc1C(=O)NC(=S)Nc1cccc(NC(=O)C(C)C)c1. The number of aryl methyl sites for hydroxylation is 1. The molecule has 0 atom stereocenters. The summed E-state index contributed by atoms with van der Waals surface area (Å²) in [5.41, 5.74) is 2.48.